The van der Waals surface area contributed by atoms with Gasteiger partial charge in [0.15, 0.2) is 11.3 Å². The van der Waals surface area contributed by atoms with Gasteiger partial charge in [0.1, 0.15) is 6.26 Å². The first-order valence-electron chi connectivity index (χ1n) is 11.6. The lowest BCUT2D eigenvalue weighted by Gasteiger charge is -2.24. The van der Waals surface area contributed by atoms with Crippen LogP contribution in [0.2, 0.25) is 0 Å². The molecule has 2 N–H and O–H groups in total. The molecule has 1 aliphatic rings. The number of amides is 1. The predicted octanol–water partition coefficient (Wildman–Crippen LogP) is 3.46. The van der Waals surface area contributed by atoms with Gasteiger partial charge >= 0.3 is 5.97 Å². The number of rotatable bonds is 7. The lowest BCUT2D eigenvalue weighted by atomic mass is 10.1. The van der Waals surface area contributed by atoms with Crippen molar-refractivity contribution >= 4 is 28.6 Å². The zero-order chi connectivity index (χ0) is 24.4. The number of oxazole rings is 1. The second-order valence-electron chi connectivity index (χ2n) is 8.51. The largest absolute Gasteiger partial charge is 0.466 e. The van der Waals surface area contributed by atoms with Gasteiger partial charge in [-0.2, -0.15) is 5.10 Å². The Morgan fingerprint density at radius 3 is 2.97 bits per heavy atom. The molecule has 35 heavy (non-hydrogen) atoms. The van der Waals surface area contributed by atoms with E-state index < -0.39 is 0 Å². The third kappa shape index (κ3) is 4.72. The monoisotopic (exact) mass is 474 g/mol. The number of hydrogen-bond acceptors (Lipinski definition) is 8. The first-order chi connectivity index (χ1) is 17.0. The van der Waals surface area contributed by atoms with E-state index in [-0.39, 0.29) is 35.9 Å². The molecule has 1 saturated heterocycles. The summed E-state index contributed by atoms with van der Waals surface area (Å²) in [4.78, 5) is 33.5. The number of carbonyl (C=O) groups is 2. The number of cyclic esters (lactones) is 1. The summed E-state index contributed by atoms with van der Waals surface area (Å²) in [5.74, 6) is -0.322. The van der Waals surface area contributed by atoms with Gasteiger partial charge in [0.2, 0.25) is 5.89 Å². The number of aromatic nitrogens is 4. The molecule has 4 heterocycles. The van der Waals surface area contributed by atoms with Crippen molar-refractivity contribution in [1.29, 1.82) is 0 Å². The maximum atomic E-state index is 12.7. The van der Waals surface area contributed by atoms with Crippen molar-refractivity contribution in [2.24, 2.45) is 0 Å². The molecular formula is C25H26N6O4. The fraction of sp³-hybridized carbons (Fsp3) is 0.320. The zero-order valence-electron chi connectivity index (χ0n) is 19.6. The highest BCUT2D eigenvalue weighted by Gasteiger charge is 2.25. The molecule has 10 heteroatoms. The number of ether oxygens (including phenoxy) is 1. The van der Waals surface area contributed by atoms with Crippen molar-refractivity contribution in [1.82, 2.24) is 25.1 Å². The molecule has 4 aromatic rings. The fourth-order valence-electron chi connectivity index (χ4n) is 4.18. The van der Waals surface area contributed by atoms with Gasteiger partial charge in [-0.3, -0.25) is 9.59 Å². The minimum Gasteiger partial charge on any atom is -0.466 e. The molecule has 180 valence electrons. The van der Waals surface area contributed by atoms with Crippen molar-refractivity contribution in [3.8, 4) is 11.5 Å². The first kappa shape index (κ1) is 22.6. The van der Waals surface area contributed by atoms with Crippen LogP contribution in [0.4, 0.5) is 5.69 Å². The van der Waals surface area contributed by atoms with E-state index in [4.69, 9.17) is 9.15 Å². The van der Waals surface area contributed by atoms with E-state index in [1.54, 1.807) is 17.1 Å². The number of carbonyl (C=O) groups excluding carboxylic acids is 2. The summed E-state index contributed by atoms with van der Waals surface area (Å²) < 4.78 is 12.6. The normalized spacial score (nSPS) is 15.7. The highest BCUT2D eigenvalue weighted by molar-refractivity contribution is 5.98. The van der Waals surface area contributed by atoms with Gasteiger partial charge in [-0.05, 0) is 19.4 Å². The van der Waals surface area contributed by atoms with Crippen molar-refractivity contribution in [3.63, 3.8) is 0 Å². The average molecular weight is 475 g/mol. The number of benzene rings is 1. The summed E-state index contributed by atoms with van der Waals surface area (Å²) >= 11 is 0. The van der Waals surface area contributed by atoms with Crippen molar-refractivity contribution in [3.05, 3.63) is 59.7 Å². The molecular weight excluding hydrogens is 448 g/mol. The summed E-state index contributed by atoms with van der Waals surface area (Å²) in [7, 11) is 0. The Bertz CT molecular complexity index is 1390. The molecule has 0 radical (unpaired) electrons. The van der Waals surface area contributed by atoms with Crippen LogP contribution in [0.1, 0.15) is 41.4 Å². The molecule has 10 nitrogen and oxygen atoms in total. The quantitative estimate of drug-likeness (QED) is 0.390. The number of hydrogen-bond donors (Lipinski definition) is 2. The van der Waals surface area contributed by atoms with E-state index in [0.29, 0.717) is 43.0 Å². The highest BCUT2D eigenvalue weighted by atomic mass is 16.5. The van der Waals surface area contributed by atoms with E-state index in [1.165, 1.54) is 6.26 Å². The third-order valence-electron chi connectivity index (χ3n) is 5.96. The lowest BCUT2D eigenvalue weighted by Crippen LogP contribution is -2.31. The van der Waals surface area contributed by atoms with Crippen LogP contribution >= 0.6 is 0 Å². The van der Waals surface area contributed by atoms with Crippen LogP contribution < -0.4 is 10.6 Å². The Morgan fingerprint density at radius 2 is 2.17 bits per heavy atom. The molecule has 1 aromatic carbocycles. The standard InChI is InChI=1S/C25H26N6O4/c1-3-31-23-18(13-28-31)22(29-17-7-8-34-21(32)10-17)19(12-26-23)25-30-20(14-35-25)24(33)27-11-16-6-4-5-15(2)9-16/h4-6,9,12-14,17H,3,7-8,10-11H2,1-2H3,(H,26,29)(H,27,33). The molecule has 0 saturated carbocycles. The summed E-state index contributed by atoms with van der Waals surface area (Å²) in [6.07, 6.45) is 5.65. The van der Waals surface area contributed by atoms with Gasteiger partial charge in [-0.1, -0.05) is 29.8 Å². The summed E-state index contributed by atoms with van der Waals surface area (Å²) in [5.41, 5.74) is 4.31. The topological polar surface area (TPSA) is 124 Å². The number of fused-ring (bicyclic) bond motifs is 1. The van der Waals surface area contributed by atoms with Gasteiger partial charge in [0.05, 0.1) is 35.9 Å². The lowest BCUT2D eigenvalue weighted by molar-refractivity contribution is -0.147. The molecule has 3 aromatic heterocycles. The maximum absolute atomic E-state index is 12.7. The number of anilines is 1. The van der Waals surface area contributed by atoms with E-state index in [2.05, 4.69) is 25.7 Å². The third-order valence-corrected chi connectivity index (χ3v) is 5.96. The Hall–Kier alpha value is -4.21. The SMILES string of the molecule is CCn1ncc2c(NC3CCOC(=O)C3)c(-c3nc(C(=O)NCc4cccc(C)c4)co3)cnc21. The smallest absolute Gasteiger partial charge is 0.307 e. The van der Waals surface area contributed by atoms with Crippen LogP contribution in [-0.4, -0.2) is 44.3 Å². The molecule has 1 fully saturated rings. The van der Waals surface area contributed by atoms with Gasteiger partial charge in [-0.25, -0.2) is 14.6 Å². The number of pyridine rings is 1. The number of aryl methyl sites for hydroxylation is 2. The molecule has 5 rings (SSSR count). The molecule has 1 amide bonds. The number of nitrogens with zero attached hydrogens (tertiary/aromatic N) is 4. The highest BCUT2D eigenvalue weighted by Crippen LogP contribution is 2.34. The van der Waals surface area contributed by atoms with Crippen molar-refractivity contribution in [2.45, 2.75) is 45.8 Å². The molecule has 0 spiro atoms. The molecule has 0 aliphatic carbocycles. The van der Waals surface area contributed by atoms with Crippen molar-refractivity contribution < 1.29 is 18.7 Å². The van der Waals surface area contributed by atoms with Gasteiger partial charge in [0.25, 0.3) is 5.91 Å². The fourth-order valence-corrected chi connectivity index (χ4v) is 4.18. The van der Waals surface area contributed by atoms with E-state index in [1.807, 2.05) is 38.1 Å². The second kappa shape index (κ2) is 9.57. The van der Waals surface area contributed by atoms with Crippen LogP contribution in [0.25, 0.3) is 22.5 Å². The van der Waals surface area contributed by atoms with E-state index in [9.17, 15) is 9.59 Å². The minimum absolute atomic E-state index is 0.113. The van der Waals surface area contributed by atoms with Crippen LogP contribution in [0.15, 0.2) is 47.3 Å². The van der Waals surface area contributed by atoms with Crippen LogP contribution in [0.5, 0.6) is 0 Å². The maximum Gasteiger partial charge on any atom is 0.307 e. The van der Waals surface area contributed by atoms with Gasteiger partial charge < -0.3 is 19.8 Å². The zero-order valence-corrected chi connectivity index (χ0v) is 19.6. The number of esters is 1. The summed E-state index contributed by atoms with van der Waals surface area (Å²) in [6.45, 7) is 5.40. The van der Waals surface area contributed by atoms with E-state index >= 15 is 0 Å². The van der Waals surface area contributed by atoms with Gasteiger partial charge in [0, 0.05) is 31.7 Å². The van der Waals surface area contributed by atoms with Crippen LogP contribution in [-0.2, 0) is 22.6 Å². The van der Waals surface area contributed by atoms with Crippen LogP contribution in [0.3, 0.4) is 0 Å². The number of nitrogens with one attached hydrogen (secondary N) is 2. The predicted molar refractivity (Wildman–Crippen MR) is 129 cm³/mol. The average Bonchev–Trinajstić information content (AvgIpc) is 3.50. The first-order valence-corrected chi connectivity index (χ1v) is 11.6. The summed E-state index contributed by atoms with van der Waals surface area (Å²) in [5, 5.41) is 11.5. The Morgan fingerprint density at radius 1 is 1.29 bits per heavy atom. The molecule has 0 bridgehead atoms. The van der Waals surface area contributed by atoms with E-state index in [0.717, 1.165) is 16.5 Å². The molecule has 1 aliphatic heterocycles. The Balaban J connectivity index is 1.43. The Labute approximate surface area is 201 Å². The minimum atomic E-state index is -0.334. The molecule has 1 atom stereocenters. The molecule has 1 unspecified atom stereocenters. The second-order valence-corrected chi connectivity index (χ2v) is 8.51. The Kier molecular flexibility index (Phi) is 6.17. The van der Waals surface area contributed by atoms with Crippen LogP contribution in [0, 0.1) is 6.92 Å². The van der Waals surface area contributed by atoms with Gasteiger partial charge in [-0.15, -0.1) is 0 Å². The summed E-state index contributed by atoms with van der Waals surface area (Å²) in [6, 6.07) is 7.82. The van der Waals surface area contributed by atoms with Crippen molar-refractivity contribution in [2.75, 3.05) is 11.9 Å².